The SMILES string of the molecule is COC(=O)[C@@H](CN(CC(=O)C(c1ccccc1)c1ccccc1)Cc1ccccc1OC)NC(=O)OCc1ccccc1. The Balaban J connectivity index is 1.59. The van der Waals surface area contributed by atoms with Gasteiger partial charge in [-0.25, -0.2) is 9.59 Å². The van der Waals surface area contributed by atoms with Crippen LogP contribution in [0.1, 0.15) is 28.2 Å². The van der Waals surface area contributed by atoms with Crippen molar-refractivity contribution in [3.8, 4) is 5.75 Å². The number of ether oxygens (including phenoxy) is 3. The summed E-state index contributed by atoms with van der Waals surface area (Å²) in [4.78, 5) is 41.5. The van der Waals surface area contributed by atoms with Crippen molar-refractivity contribution in [1.82, 2.24) is 10.2 Å². The summed E-state index contributed by atoms with van der Waals surface area (Å²) in [5.41, 5.74) is 3.36. The minimum Gasteiger partial charge on any atom is -0.496 e. The van der Waals surface area contributed by atoms with Gasteiger partial charge >= 0.3 is 12.1 Å². The molecular weight excluding hydrogens is 544 g/mol. The van der Waals surface area contributed by atoms with Crippen LogP contribution in [0.4, 0.5) is 4.79 Å². The van der Waals surface area contributed by atoms with Crippen LogP contribution in [0.2, 0.25) is 0 Å². The number of methoxy groups -OCH3 is 2. The molecule has 0 heterocycles. The summed E-state index contributed by atoms with van der Waals surface area (Å²) >= 11 is 0. The Labute approximate surface area is 252 Å². The highest BCUT2D eigenvalue weighted by Gasteiger charge is 2.30. The molecule has 0 bridgehead atoms. The molecule has 0 saturated carbocycles. The summed E-state index contributed by atoms with van der Waals surface area (Å²) in [5, 5.41) is 2.63. The number of carbonyl (C=O) groups excluding carboxylic acids is 3. The summed E-state index contributed by atoms with van der Waals surface area (Å²) in [6.45, 7) is 0.300. The average Bonchev–Trinajstić information content (AvgIpc) is 3.05. The van der Waals surface area contributed by atoms with E-state index in [0.29, 0.717) is 5.75 Å². The second-order valence-corrected chi connectivity index (χ2v) is 9.98. The molecule has 0 aliphatic heterocycles. The minimum atomic E-state index is -1.09. The van der Waals surface area contributed by atoms with Crippen LogP contribution in [0, 0.1) is 0 Å². The van der Waals surface area contributed by atoms with Crippen molar-refractivity contribution in [3.05, 3.63) is 138 Å². The van der Waals surface area contributed by atoms with Crippen LogP contribution < -0.4 is 10.1 Å². The summed E-state index contributed by atoms with van der Waals surface area (Å²) in [6, 6.07) is 34.8. The number of nitrogens with zero attached hydrogens (tertiary/aromatic N) is 1. The number of para-hydroxylation sites is 1. The molecule has 8 heteroatoms. The molecule has 0 aliphatic carbocycles. The van der Waals surface area contributed by atoms with Gasteiger partial charge in [0.2, 0.25) is 0 Å². The van der Waals surface area contributed by atoms with Crippen molar-refractivity contribution in [1.29, 1.82) is 0 Å². The fraction of sp³-hybridized carbons (Fsp3) is 0.229. The van der Waals surface area contributed by atoms with Gasteiger partial charge in [-0.05, 0) is 22.8 Å². The van der Waals surface area contributed by atoms with Gasteiger partial charge in [-0.1, -0.05) is 109 Å². The largest absolute Gasteiger partial charge is 0.496 e. The number of Topliss-reactive ketones (excluding diaryl/α,β-unsaturated/α-hetero) is 1. The molecule has 0 aromatic heterocycles. The molecule has 1 N–H and O–H groups in total. The number of amides is 1. The summed E-state index contributed by atoms with van der Waals surface area (Å²) in [5.74, 6) is -0.602. The van der Waals surface area contributed by atoms with Crippen LogP contribution in [0.3, 0.4) is 0 Å². The Hall–Kier alpha value is -4.95. The first-order valence-corrected chi connectivity index (χ1v) is 14.0. The average molecular weight is 581 g/mol. The second-order valence-electron chi connectivity index (χ2n) is 9.98. The zero-order chi connectivity index (χ0) is 30.4. The summed E-state index contributed by atoms with van der Waals surface area (Å²) in [6.07, 6.45) is -0.769. The number of ketones is 1. The van der Waals surface area contributed by atoms with Crippen molar-refractivity contribution < 1.29 is 28.6 Å². The maximum Gasteiger partial charge on any atom is 0.408 e. The van der Waals surface area contributed by atoms with Gasteiger partial charge < -0.3 is 19.5 Å². The van der Waals surface area contributed by atoms with Crippen LogP contribution in [-0.4, -0.2) is 56.1 Å². The van der Waals surface area contributed by atoms with Gasteiger partial charge in [0.05, 0.1) is 26.7 Å². The summed E-state index contributed by atoms with van der Waals surface area (Å²) in [7, 11) is 2.83. The monoisotopic (exact) mass is 580 g/mol. The highest BCUT2D eigenvalue weighted by atomic mass is 16.6. The third kappa shape index (κ3) is 9.02. The van der Waals surface area contributed by atoms with E-state index in [2.05, 4.69) is 5.32 Å². The van der Waals surface area contributed by atoms with Gasteiger partial charge in [-0.15, -0.1) is 0 Å². The number of rotatable bonds is 14. The van der Waals surface area contributed by atoms with Gasteiger partial charge in [-0.2, -0.15) is 0 Å². The van der Waals surface area contributed by atoms with E-state index in [1.54, 1.807) is 7.11 Å². The molecule has 4 rings (SSSR count). The Morgan fingerprint density at radius 2 is 1.30 bits per heavy atom. The first kappa shape index (κ1) is 31.0. The van der Waals surface area contributed by atoms with E-state index in [0.717, 1.165) is 22.3 Å². The molecule has 222 valence electrons. The molecule has 8 nitrogen and oxygen atoms in total. The topological polar surface area (TPSA) is 94.2 Å². The van der Waals surface area contributed by atoms with Gasteiger partial charge in [0, 0.05) is 18.7 Å². The van der Waals surface area contributed by atoms with Crippen LogP contribution in [0.5, 0.6) is 5.75 Å². The lowest BCUT2D eigenvalue weighted by atomic mass is 9.87. The Kier molecular flexibility index (Phi) is 11.5. The molecule has 0 unspecified atom stereocenters. The van der Waals surface area contributed by atoms with Crippen molar-refractivity contribution in [2.75, 3.05) is 27.3 Å². The molecule has 0 radical (unpaired) electrons. The number of nitrogens with one attached hydrogen (secondary N) is 1. The van der Waals surface area contributed by atoms with Crippen LogP contribution in [0.15, 0.2) is 115 Å². The molecule has 4 aromatic rings. The Morgan fingerprint density at radius 1 is 0.744 bits per heavy atom. The molecule has 0 fully saturated rings. The van der Waals surface area contributed by atoms with E-state index in [1.807, 2.05) is 120 Å². The van der Waals surface area contributed by atoms with Crippen molar-refractivity contribution in [2.45, 2.75) is 25.1 Å². The van der Waals surface area contributed by atoms with Crippen LogP contribution >= 0.6 is 0 Å². The van der Waals surface area contributed by atoms with Crippen molar-refractivity contribution in [3.63, 3.8) is 0 Å². The summed E-state index contributed by atoms with van der Waals surface area (Å²) < 4.78 is 15.9. The molecule has 0 saturated heterocycles. The number of hydrogen-bond donors (Lipinski definition) is 1. The number of carbonyl (C=O) groups is 3. The van der Waals surface area contributed by atoms with Crippen molar-refractivity contribution >= 4 is 17.8 Å². The smallest absolute Gasteiger partial charge is 0.408 e. The zero-order valence-electron chi connectivity index (χ0n) is 24.3. The van der Waals surface area contributed by atoms with E-state index < -0.39 is 24.0 Å². The maximum absolute atomic E-state index is 14.1. The van der Waals surface area contributed by atoms with Gasteiger partial charge in [0.1, 0.15) is 18.4 Å². The maximum atomic E-state index is 14.1. The van der Waals surface area contributed by atoms with E-state index in [9.17, 15) is 14.4 Å². The fourth-order valence-corrected chi connectivity index (χ4v) is 4.91. The lowest BCUT2D eigenvalue weighted by Gasteiger charge is -2.28. The van der Waals surface area contributed by atoms with E-state index in [1.165, 1.54) is 7.11 Å². The predicted molar refractivity (Wildman–Crippen MR) is 164 cm³/mol. The third-order valence-electron chi connectivity index (χ3n) is 6.99. The zero-order valence-corrected chi connectivity index (χ0v) is 24.3. The molecule has 0 spiro atoms. The van der Waals surface area contributed by atoms with E-state index in [4.69, 9.17) is 14.2 Å². The van der Waals surface area contributed by atoms with Crippen LogP contribution in [-0.2, 0) is 32.2 Å². The quantitative estimate of drug-likeness (QED) is 0.201. The van der Waals surface area contributed by atoms with Gasteiger partial charge in [-0.3, -0.25) is 9.69 Å². The molecular formula is C35H36N2O6. The Bertz CT molecular complexity index is 1420. The number of alkyl carbamates (subject to hydrolysis) is 1. The normalized spacial score (nSPS) is 11.5. The molecule has 0 aliphatic rings. The lowest BCUT2D eigenvalue weighted by Crippen LogP contribution is -2.50. The lowest BCUT2D eigenvalue weighted by molar-refractivity contribution is -0.144. The standard InChI is InChI=1S/C35H36N2O6/c1-41-32-21-13-12-20-29(32)22-37(23-30(34(39)42-2)36-35(40)43-25-26-14-6-3-7-15-26)24-31(38)33(27-16-8-4-9-17-27)28-18-10-5-11-19-28/h3-21,30,33H,22-25H2,1-2H3,(H,36,40)/t30-/m1/s1. The minimum absolute atomic E-state index is 0.00675. The fourth-order valence-electron chi connectivity index (χ4n) is 4.91. The van der Waals surface area contributed by atoms with E-state index >= 15 is 0 Å². The van der Waals surface area contributed by atoms with Crippen molar-refractivity contribution in [2.24, 2.45) is 0 Å². The van der Waals surface area contributed by atoms with Gasteiger partial charge in [0.25, 0.3) is 0 Å². The number of hydrogen-bond acceptors (Lipinski definition) is 7. The molecule has 1 atom stereocenters. The predicted octanol–water partition coefficient (Wildman–Crippen LogP) is 5.37. The number of benzene rings is 4. The highest BCUT2D eigenvalue weighted by molar-refractivity contribution is 5.91. The highest BCUT2D eigenvalue weighted by Crippen LogP contribution is 2.27. The van der Waals surface area contributed by atoms with E-state index in [-0.39, 0.29) is 32.0 Å². The Morgan fingerprint density at radius 3 is 1.88 bits per heavy atom. The first-order chi connectivity index (χ1) is 21.0. The number of esters is 1. The molecule has 43 heavy (non-hydrogen) atoms. The molecule has 4 aromatic carbocycles. The van der Waals surface area contributed by atoms with Crippen LogP contribution in [0.25, 0.3) is 0 Å². The molecule has 1 amide bonds. The van der Waals surface area contributed by atoms with Gasteiger partial charge in [0.15, 0.2) is 5.78 Å². The first-order valence-electron chi connectivity index (χ1n) is 14.0. The third-order valence-corrected chi connectivity index (χ3v) is 6.99. The second kappa shape index (κ2) is 15.9.